The average molecular weight is 217 g/mol. The molecular formula is C9H10F3N3. The van der Waals surface area contributed by atoms with Gasteiger partial charge in [0.05, 0.1) is 0 Å². The molecule has 0 aromatic carbocycles. The molecule has 1 aromatic rings. The topological polar surface area (TPSA) is 29.0 Å². The maximum Gasteiger partial charge on any atom is 0.433 e. The third kappa shape index (κ3) is 2.93. The minimum Gasteiger partial charge on any atom is -0.356 e. The number of halogens is 3. The van der Waals surface area contributed by atoms with Crippen molar-refractivity contribution in [2.75, 3.05) is 18.5 Å². The van der Waals surface area contributed by atoms with E-state index in [0.717, 1.165) is 12.4 Å². The van der Waals surface area contributed by atoms with E-state index in [2.05, 4.69) is 16.5 Å². The zero-order valence-corrected chi connectivity index (χ0v) is 8.12. The Morgan fingerprint density at radius 1 is 1.47 bits per heavy atom. The molecule has 0 aliphatic heterocycles. The lowest BCUT2D eigenvalue weighted by atomic mass is 10.3. The summed E-state index contributed by atoms with van der Waals surface area (Å²) in [6.07, 6.45) is -1.96. The molecule has 0 aliphatic carbocycles. The predicted molar refractivity (Wildman–Crippen MR) is 50.5 cm³/mol. The van der Waals surface area contributed by atoms with Gasteiger partial charge >= 0.3 is 6.18 Å². The monoisotopic (exact) mass is 217 g/mol. The van der Waals surface area contributed by atoms with E-state index in [1.54, 1.807) is 18.0 Å². The van der Waals surface area contributed by atoms with Gasteiger partial charge in [-0.2, -0.15) is 13.2 Å². The van der Waals surface area contributed by atoms with Gasteiger partial charge in [-0.3, -0.25) is 0 Å². The van der Waals surface area contributed by atoms with E-state index in [9.17, 15) is 13.2 Å². The molecule has 0 saturated heterocycles. The van der Waals surface area contributed by atoms with Crippen LogP contribution < -0.4 is 4.90 Å². The minimum absolute atomic E-state index is 0.220. The summed E-state index contributed by atoms with van der Waals surface area (Å²) in [5.41, 5.74) is -0.941. The normalized spacial score (nSPS) is 11.2. The van der Waals surface area contributed by atoms with Crippen LogP contribution in [0.15, 0.2) is 25.0 Å². The average Bonchev–Trinajstić information content (AvgIpc) is 2.17. The number of aromatic nitrogens is 2. The van der Waals surface area contributed by atoms with Gasteiger partial charge in [-0.25, -0.2) is 9.97 Å². The Morgan fingerprint density at radius 2 is 2.13 bits per heavy atom. The molecule has 0 unspecified atom stereocenters. The Balaban J connectivity index is 2.97. The van der Waals surface area contributed by atoms with Crippen LogP contribution in [0.4, 0.5) is 19.0 Å². The summed E-state index contributed by atoms with van der Waals surface area (Å²) in [5.74, 6) is 0.220. The lowest BCUT2D eigenvalue weighted by Crippen LogP contribution is -2.19. The molecule has 3 nitrogen and oxygen atoms in total. The Hall–Kier alpha value is -1.59. The lowest BCUT2D eigenvalue weighted by molar-refractivity contribution is -0.141. The van der Waals surface area contributed by atoms with Crippen molar-refractivity contribution in [2.24, 2.45) is 0 Å². The van der Waals surface area contributed by atoms with Crippen molar-refractivity contribution in [1.82, 2.24) is 9.97 Å². The number of anilines is 1. The molecule has 0 spiro atoms. The molecule has 0 atom stereocenters. The highest BCUT2D eigenvalue weighted by Crippen LogP contribution is 2.28. The largest absolute Gasteiger partial charge is 0.433 e. The minimum atomic E-state index is -4.44. The van der Waals surface area contributed by atoms with Crippen molar-refractivity contribution in [3.05, 3.63) is 30.7 Å². The first-order valence-corrected chi connectivity index (χ1v) is 4.16. The van der Waals surface area contributed by atoms with Crippen molar-refractivity contribution >= 4 is 5.82 Å². The number of nitrogens with zero attached hydrogens (tertiary/aromatic N) is 3. The van der Waals surface area contributed by atoms with Gasteiger partial charge in [0.15, 0.2) is 0 Å². The highest BCUT2D eigenvalue weighted by molar-refractivity contribution is 5.39. The maximum absolute atomic E-state index is 12.3. The zero-order valence-electron chi connectivity index (χ0n) is 8.12. The molecule has 1 aromatic heterocycles. The molecule has 0 fully saturated rings. The van der Waals surface area contributed by atoms with E-state index in [-0.39, 0.29) is 5.82 Å². The number of rotatable bonds is 3. The fraction of sp³-hybridized carbons (Fsp3) is 0.333. The molecule has 15 heavy (non-hydrogen) atoms. The van der Waals surface area contributed by atoms with E-state index in [0.29, 0.717) is 6.54 Å². The van der Waals surface area contributed by atoms with E-state index in [1.807, 2.05) is 0 Å². The summed E-state index contributed by atoms with van der Waals surface area (Å²) in [7, 11) is 1.63. The summed E-state index contributed by atoms with van der Waals surface area (Å²) in [4.78, 5) is 8.45. The predicted octanol–water partition coefficient (Wildman–Crippen LogP) is 2.12. The molecular weight excluding hydrogens is 207 g/mol. The van der Waals surface area contributed by atoms with E-state index >= 15 is 0 Å². The van der Waals surface area contributed by atoms with Gasteiger partial charge in [0.25, 0.3) is 0 Å². The fourth-order valence-electron chi connectivity index (χ4n) is 0.998. The third-order valence-corrected chi connectivity index (χ3v) is 1.74. The highest BCUT2D eigenvalue weighted by Gasteiger charge is 2.32. The molecule has 0 amide bonds. The highest BCUT2D eigenvalue weighted by atomic mass is 19.4. The quantitative estimate of drug-likeness (QED) is 0.726. The van der Waals surface area contributed by atoms with Crippen LogP contribution in [-0.4, -0.2) is 23.6 Å². The molecule has 0 aliphatic rings. The molecule has 0 radical (unpaired) electrons. The summed E-state index contributed by atoms with van der Waals surface area (Å²) in [5, 5.41) is 0. The number of hydrogen-bond donors (Lipinski definition) is 0. The first-order valence-electron chi connectivity index (χ1n) is 4.16. The van der Waals surface area contributed by atoms with Crippen molar-refractivity contribution in [2.45, 2.75) is 6.18 Å². The SMILES string of the molecule is C=CCN(C)c1cc(C(F)(F)F)ncn1. The first kappa shape index (κ1) is 11.5. The molecule has 82 valence electrons. The number of alkyl halides is 3. The van der Waals surface area contributed by atoms with Crippen molar-refractivity contribution in [3.63, 3.8) is 0 Å². The summed E-state index contributed by atoms with van der Waals surface area (Å²) in [6, 6.07) is 0.906. The molecule has 6 heteroatoms. The van der Waals surface area contributed by atoms with Gasteiger partial charge in [-0.05, 0) is 0 Å². The second-order valence-corrected chi connectivity index (χ2v) is 2.93. The third-order valence-electron chi connectivity index (χ3n) is 1.74. The number of likely N-dealkylation sites (N-methyl/N-ethyl adjacent to an activating group) is 1. The molecule has 1 rings (SSSR count). The van der Waals surface area contributed by atoms with E-state index in [4.69, 9.17) is 0 Å². The van der Waals surface area contributed by atoms with Crippen molar-refractivity contribution in [1.29, 1.82) is 0 Å². The molecule has 0 saturated carbocycles. The zero-order chi connectivity index (χ0) is 11.5. The van der Waals surface area contributed by atoms with Crippen molar-refractivity contribution < 1.29 is 13.2 Å². The second-order valence-electron chi connectivity index (χ2n) is 2.93. The van der Waals surface area contributed by atoms with Crippen LogP contribution >= 0.6 is 0 Å². The molecule has 0 N–H and O–H groups in total. The van der Waals surface area contributed by atoms with Crippen LogP contribution in [0.5, 0.6) is 0 Å². The van der Waals surface area contributed by atoms with Gasteiger partial charge in [-0.15, -0.1) is 6.58 Å². The maximum atomic E-state index is 12.3. The summed E-state index contributed by atoms with van der Waals surface area (Å²) in [6.45, 7) is 3.91. The van der Waals surface area contributed by atoms with E-state index in [1.165, 1.54) is 0 Å². The van der Waals surface area contributed by atoms with Crippen LogP contribution in [0, 0.1) is 0 Å². The van der Waals surface area contributed by atoms with Crippen LogP contribution in [0.2, 0.25) is 0 Å². The van der Waals surface area contributed by atoms with E-state index < -0.39 is 11.9 Å². The van der Waals surface area contributed by atoms with Gasteiger partial charge in [0.1, 0.15) is 17.8 Å². The summed E-state index contributed by atoms with van der Waals surface area (Å²) >= 11 is 0. The van der Waals surface area contributed by atoms with Crippen LogP contribution in [0.1, 0.15) is 5.69 Å². The Labute approximate surface area is 85.3 Å². The van der Waals surface area contributed by atoms with Crippen LogP contribution in [0.3, 0.4) is 0 Å². The van der Waals surface area contributed by atoms with Crippen LogP contribution in [-0.2, 0) is 6.18 Å². The van der Waals surface area contributed by atoms with Gasteiger partial charge in [-0.1, -0.05) is 6.08 Å². The smallest absolute Gasteiger partial charge is 0.356 e. The fourth-order valence-corrected chi connectivity index (χ4v) is 0.998. The van der Waals surface area contributed by atoms with Gasteiger partial charge in [0.2, 0.25) is 0 Å². The van der Waals surface area contributed by atoms with Gasteiger partial charge in [0, 0.05) is 19.7 Å². The first-order chi connectivity index (χ1) is 6.95. The van der Waals surface area contributed by atoms with Crippen LogP contribution in [0.25, 0.3) is 0 Å². The lowest BCUT2D eigenvalue weighted by Gasteiger charge is -2.16. The summed E-state index contributed by atoms with van der Waals surface area (Å²) < 4.78 is 36.9. The molecule has 1 heterocycles. The Kier molecular flexibility index (Phi) is 3.28. The van der Waals surface area contributed by atoms with Gasteiger partial charge < -0.3 is 4.90 Å². The standard InChI is InChI=1S/C9H10F3N3/c1-3-4-15(2)8-5-7(9(10,11)12)13-6-14-8/h3,5-6H,1,4H2,2H3. The van der Waals surface area contributed by atoms with Crippen molar-refractivity contribution in [3.8, 4) is 0 Å². The second kappa shape index (κ2) is 4.29. The number of hydrogen-bond acceptors (Lipinski definition) is 3. The molecule has 0 bridgehead atoms. The Morgan fingerprint density at radius 3 is 2.67 bits per heavy atom. The Bertz CT molecular complexity index is 349.